The summed E-state index contributed by atoms with van der Waals surface area (Å²) in [5, 5.41) is 24.6. The molecule has 0 unspecified atom stereocenters. The third-order valence-corrected chi connectivity index (χ3v) is 4.44. The van der Waals surface area contributed by atoms with Crippen molar-refractivity contribution in [2.45, 2.75) is 20.3 Å². The maximum absolute atomic E-state index is 12.4. The van der Waals surface area contributed by atoms with Crippen molar-refractivity contribution in [3.63, 3.8) is 0 Å². The van der Waals surface area contributed by atoms with Crippen molar-refractivity contribution in [3.8, 4) is 0 Å². The Hall–Kier alpha value is -2.81. The normalized spacial score (nSPS) is 11.1. The molecule has 8 nitrogen and oxygen atoms in total. The number of amides is 1. The van der Waals surface area contributed by atoms with Gasteiger partial charge in [-0.3, -0.25) is 25.0 Å². The van der Waals surface area contributed by atoms with E-state index in [-0.39, 0.29) is 11.0 Å². The summed E-state index contributed by atoms with van der Waals surface area (Å²) in [7, 11) is 0. The fourth-order valence-electron chi connectivity index (χ4n) is 2.58. The van der Waals surface area contributed by atoms with Gasteiger partial charge in [-0.15, -0.1) is 0 Å². The Morgan fingerprint density at radius 2 is 1.56 bits per heavy atom. The summed E-state index contributed by atoms with van der Waals surface area (Å²) in [6.07, 6.45) is 0.704. The Morgan fingerprint density at radius 3 is 2.04 bits per heavy atom. The number of non-ortho nitro benzene ring substituents is 2. The van der Waals surface area contributed by atoms with Crippen LogP contribution in [0.15, 0.2) is 46.9 Å². The van der Waals surface area contributed by atoms with Gasteiger partial charge in [0.05, 0.1) is 21.5 Å². The summed E-state index contributed by atoms with van der Waals surface area (Å²) in [5.41, 5.74) is -0.290. The van der Waals surface area contributed by atoms with Gasteiger partial charge in [0.1, 0.15) is 0 Å². The molecule has 9 heteroatoms. The molecule has 142 valence electrons. The van der Waals surface area contributed by atoms with Crippen molar-refractivity contribution in [1.82, 2.24) is 5.32 Å². The second kappa shape index (κ2) is 8.26. The number of rotatable bonds is 7. The van der Waals surface area contributed by atoms with E-state index in [1.807, 2.05) is 38.1 Å². The number of hydrogen-bond acceptors (Lipinski definition) is 5. The first-order valence-electron chi connectivity index (χ1n) is 8.04. The fourth-order valence-corrected chi connectivity index (χ4v) is 2.84. The average molecular weight is 436 g/mol. The highest BCUT2D eigenvalue weighted by Crippen LogP contribution is 2.24. The van der Waals surface area contributed by atoms with E-state index in [1.54, 1.807) is 0 Å². The number of hydrogen-bond donors (Lipinski definition) is 1. The van der Waals surface area contributed by atoms with E-state index in [2.05, 4.69) is 21.2 Å². The summed E-state index contributed by atoms with van der Waals surface area (Å²) < 4.78 is 0.977. The first kappa shape index (κ1) is 20.5. The molecular weight excluding hydrogens is 418 g/mol. The van der Waals surface area contributed by atoms with Crippen LogP contribution >= 0.6 is 15.9 Å². The number of nitrogens with one attached hydrogen (secondary N) is 1. The second-order valence-corrected chi connectivity index (χ2v) is 7.82. The Bertz CT molecular complexity index is 849. The van der Waals surface area contributed by atoms with Gasteiger partial charge in [-0.2, -0.15) is 0 Å². The van der Waals surface area contributed by atoms with E-state index >= 15 is 0 Å². The van der Waals surface area contributed by atoms with Crippen LogP contribution in [0, 0.1) is 25.6 Å². The average Bonchev–Trinajstić information content (AvgIpc) is 2.61. The van der Waals surface area contributed by atoms with Gasteiger partial charge >= 0.3 is 0 Å². The number of nitro benzene ring substituents is 2. The number of nitro groups is 2. The fraction of sp³-hybridized carbons (Fsp3) is 0.278. The van der Waals surface area contributed by atoms with Crippen molar-refractivity contribution in [2.75, 3.05) is 6.54 Å². The van der Waals surface area contributed by atoms with Crippen LogP contribution in [-0.4, -0.2) is 22.3 Å². The Morgan fingerprint density at radius 1 is 1.04 bits per heavy atom. The highest BCUT2D eigenvalue weighted by atomic mass is 79.9. The number of carbonyl (C=O) groups excluding carboxylic acids is 1. The minimum absolute atomic E-state index is 0.115. The van der Waals surface area contributed by atoms with Crippen LogP contribution in [0.1, 0.15) is 29.8 Å². The van der Waals surface area contributed by atoms with Gasteiger partial charge in [-0.1, -0.05) is 41.9 Å². The molecule has 1 amide bonds. The number of nitrogens with zero attached hydrogens (tertiary/aromatic N) is 2. The molecule has 0 spiro atoms. The van der Waals surface area contributed by atoms with Gasteiger partial charge < -0.3 is 5.32 Å². The van der Waals surface area contributed by atoms with E-state index in [9.17, 15) is 25.0 Å². The molecule has 2 aromatic carbocycles. The van der Waals surface area contributed by atoms with Crippen LogP contribution in [0.4, 0.5) is 11.4 Å². The first-order chi connectivity index (χ1) is 12.6. The largest absolute Gasteiger partial charge is 0.351 e. The zero-order valence-corrected chi connectivity index (χ0v) is 16.4. The van der Waals surface area contributed by atoms with Gasteiger partial charge in [-0.05, 0) is 29.5 Å². The van der Waals surface area contributed by atoms with Crippen molar-refractivity contribution in [1.29, 1.82) is 0 Å². The van der Waals surface area contributed by atoms with Gasteiger partial charge in [0.2, 0.25) is 0 Å². The van der Waals surface area contributed by atoms with Crippen LogP contribution in [0.2, 0.25) is 0 Å². The van der Waals surface area contributed by atoms with Crippen molar-refractivity contribution in [3.05, 3.63) is 78.3 Å². The molecule has 0 bridgehead atoms. The molecule has 0 atom stereocenters. The molecule has 0 radical (unpaired) electrons. The molecule has 0 saturated heterocycles. The van der Waals surface area contributed by atoms with E-state index in [4.69, 9.17) is 0 Å². The molecule has 0 aliphatic carbocycles. The summed E-state index contributed by atoms with van der Waals surface area (Å²) in [6, 6.07) is 10.7. The maximum atomic E-state index is 12.4. The van der Waals surface area contributed by atoms with Crippen LogP contribution in [0.25, 0.3) is 0 Å². The predicted molar refractivity (Wildman–Crippen MR) is 104 cm³/mol. The lowest BCUT2D eigenvalue weighted by Gasteiger charge is -2.25. The van der Waals surface area contributed by atoms with Crippen LogP contribution < -0.4 is 5.32 Å². The van der Waals surface area contributed by atoms with E-state index in [0.717, 1.165) is 28.2 Å². The Balaban J connectivity index is 2.11. The third kappa shape index (κ3) is 5.85. The lowest BCUT2D eigenvalue weighted by Crippen LogP contribution is -2.35. The molecule has 2 rings (SSSR count). The lowest BCUT2D eigenvalue weighted by atomic mass is 9.85. The number of carbonyl (C=O) groups is 1. The van der Waals surface area contributed by atoms with Crippen molar-refractivity contribution < 1.29 is 14.6 Å². The summed E-state index contributed by atoms with van der Waals surface area (Å²) in [6.45, 7) is 4.26. The second-order valence-electron chi connectivity index (χ2n) is 6.90. The molecular formula is C18H18BrN3O5. The smallest absolute Gasteiger partial charge is 0.277 e. The lowest BCUT2D eigenvalue weighted by molar-refractivity contribution is -0.394. The SMILES string of the molecule is CC(C)(CNC(=O)c1cc([N+](=O)[O-])cc([N+](=O)[O-])c1)Cc1ccc(Br)cc1. The summed E-state index contributed by atoms with van der Waals surface area (Å²) in [5.74, 6) is -0.592. The Labute approximate surface area is 164 Å². The zero-order valence-electron chi connectivity index (χ0n) is 14.8. The molecule has 0 heterocycles. The molecule has 2 aromatic rings. The summed E-state index contributed by atoms with van der Waals surface area (Å²) >= 11 is 3.38. The minimum atomic E-state index is -0.763. The molecule has 0 fully saturated rings. The van der Waals surface area contributed by atoms with Gasteiger partial charge in [0.15, 0.2) is 0 Å². The molecule has 27 heavy (non-hydrogen) atoms. The van der Waals surface area contributed by atoms with Gasteiger partial charge in [-0.25, -0.2) is 0 Å². The van der Waals surface area contributed by atoms with Crippen molar-refractivity contribution >= 4 is 33.2 Å². The van der Waals surface area contributed by atoms with E-state index < -0.39 is 27.1 Å². The van der Waals surface area contributed by atoms with Gasteiger partial charge in [0, 0.05) is 23.2 Å². The highest BCUT2D eigenvalue weighted by Gasteiger charge is 2.23. The molecule has 1 N–H and O–H groups in total. The standard InChI is InChI=1S/C18H18BrN3O5/c1-18(2,10-12-3-5-14(19)6-4-12)11-20-17(23)13-7-15(21(24)25)9-16(8-13)22(26)27/h3-9H,10-11H2,1-2H3,(H,20,23). The zero-order chi connectivity index (χ0) is 20.2. The Kier molecular flexibility index (Phi) is 6.27. The molecule has 0 aromatic heterocycles. The van der Waals surface area contributed by atoms with Crippen LogP contribution in [0.5, 0.6) is 0 Å². The van der Waals surface area contributed by atoms with Crippen LogP contribution in [0.3, 0.4) is 0 Å². The first-order valence-corrected chi connectivity index (χ1v) is 8.83. The third-order valence-electron chi connectivity index (χ3n) is 3.91. The number of benzene rings is 2. The van der Waals surface area contributed by atoms with Crippen LogP contribution in [-0.2, 0) is 6.42 Å². The topological polar surface area (TPSA) is 115 Å². The quantitative estimate of drug-likeness (QED) is 0.514. The molecule has 0 aliphatic rings. The van der Waals surface area contributed by atoms with E-state index in [0.29, 0.717) is 13.0 Å². The predicted octanol–water partition coefficient (Wildman–Crippen LogP) is 4.26. The highest BCUT2D eigenvalue weighted by molar-refractivity contribution is 9.10. The minimum Gasteiger partial charge on any atom is -0.351 e. The van der Waals surface area contributed by atoms with Crippen molar-refractivity contribution in [2.24, 2.45) is 5.41 Å². The summed E-state index contributed by atoms with van der Waals surface area (Å²) in [4.78, 5) is 32.7. The number of halogens is 1. The van der Waals surface area contributed by atoms with Gasteiger partial charge in [0.25, 0.3) is 17.3 Å². The molecule has 0 saturated carbocycles. The monoisotopic (exact) mass is 435 g/mol. The van der Waals surface area contributed by atoms with E-state index in [1.165, 1.54) is 0 Å². The maximum Gasteiger partial charge on any atom is 0.277 e. The molecule has 0 aliphatic heterocycles.